The van der Waals surface area contributed by atoms with E-state index >= 15 is 0 Å². The van der Waals surface area contributed by atoms with Crippen LogP contribution in [0.1, 0.15) is 27.8 Å². The first-order chi connectivity index (χ1) is 15.0. The number of hydrogen-bond donors (Lipinski definition) is 1. The van der Waals surface area contributed by atoms with Crippen LogP contribution in [0, 0.1) is 6.07 Å². The van der Waals surface area contributed by atoms with Gasteiger partial charge in [0.05, 0.1) is 7.11 Å². The molecule has 1 N–H and O–H groups in total. The summed E-state index contributed by atoms with van der Waals surface area (Å²) in [5.74, 6) is 1.11. The van der Waals surface area contributed by atoms with Crippen molar-refractivity contribution >= 4 is 23.6 Å². The summed E-state index contributed by atoms with van der Waals surface area (Å²) < 4.78 is 16.1. The van der Waals surface area contributed by atoms with E-state index in [1.54, 1.807) is 19.3 Å². The molecule has 0 atom stereocenters. The standard InChI is InChI=1S/C25H20ClO5/c1-29-21-8-6-18(7-9-25(27)28)19(12-21)10-16-2-4-17(5-3-16)11-20-13-23-24(14-22(20)26)31-15-30-23/h2-4,6-9,12-14H,10-11,15H2,1H3,(H,27,28). The second-order valence-corrected chi connectivity index (χ2v) is 7.52. The summed E-state index contributed by atoms with van der Waals surface area (Å²) in [5, 5.41) is 9.57. The van der Waals surface area contributed by atoms with Crippen molar-refractivity contribution in [1.82, 2.24) is 0 Å². The van der Waals surface area contributed by atoms with Gasteiger partial charge in [0.25, 0.3) is 0 Å². The monoisotopic (exact) mass is 435 g/mol. The van der Waals surface area contributed by atoms with Crippen molar-refractivity contribution in [3.8, 4) is 17.2 Å². The van der Waals surface area contributed by atoms with Gasteiger partial charge >= 0.3 is 5.97 Å². The normalized spacial score (nSPS) is 12.3. The first-order valence-electron chi connectivity index (χ1n) is 9.67. The van der Waals surface area contributed by atoms with Crippen molar-refractivity contribution in [2.75, 3.05) is 13.9 Å². The van der Waals surface area contributed by atoms with Gasteiger partial charge in [-0.3, -0.25) is 0 Å². The summed E-state index contributed by atoms with van der Waals surface area (Å²) in [4.78, 5) is 10.9. The fraction of sp³-hybridized carbons (Fsp3) is 0.160. The fourth-order valence-electron chi connectivity index (χ4n) is 3.41. The average Bonchev–Trinajstić information content (AvgIpc) is 3.21. The summed E-state index contributed by atoms with van der Waals surface area (Å²) in [7, 11) is 1.61. The highest BCUT2D eigenvalue weighted by Gasteiger charge is 2.16. The molecule has 6 heteroatoms. The second kappa shape index (κ2) is 9.14. The number of rotatable bonds is 7. The average molecular weight is 436 g/mol. The highest BCUT2D eigenvalue weighted by atomic mass is 35.5. The van der Waals surface area contributed by atoms with Gasteiger partial charge in [0, 0.05) is 17.2 Å². The summed E-state index contributed by atoms with van der Waals surface area (Å²) >= 11 is 6.38. The van der Waals surface area contributed by atoms with Gasteiger partial charge in [0.2, 0.25) is 6.79 Å². The Morgan fingerprint density at radius 1 is 1.13 bits per heavy atom. The van der Waals surface area contributed by atoms with Crippen molar-refractivity contribution in [1.29, 1.82) is 0 Å². The van der Waals surface area contributed by atoms with Crippen LogP contribution < -0.4 is 14.2 Å². The van der Waals surface area contributed by atoms with Gasteiger partial charge in [-0.1, -0.05) is 35.9 Å². The molecule has 1 aliphatic rings. The van der Waals surface area contributed by atoms with Crippen molar-refractivity contribution in [2.45, 2.75) is 12.8 Å². The molecule has 0 bridgehead atoms. The van der Waals surface area contributed by atoms with Crippen LogP contribution in [0.3, 0.4) is 0 Å². The van der Waals surface area contributed by atoms with Gasteiger partial charge in [0.1, 0.15) is 5.75 Å². The van der Waals surface area contributed by atoms with E-state index in [2.05, 4.69) is 6.07 Å². The molecule has 0 amide bonds. The van der Waals surface area contributed by atoms with E-state index in [0.29, 0.717) is 29.4 Å². The summed E-state index contributed by atoms with van der Waals surface area (Å²) in [6.07, 6.45) is 3.98. The Morgan fingerprint density at radius 2 is 1.94 bits per heavy atom. The SMILES string of the molecule is COc1ccc(C=CC(=O)O)c(Cc2c[c]c(Cc3cc4c(cc3Cl)OCO4)cc2)c1. The van der Waals surface area contributed by atoms with E-state index in [9.17, 15) is 4.79 Å². The minimum Gasteiger partial charge on any atom is -0.497 e. The van der Waals surface area contributed by atoms with E-state index in [-0.39, 0.29) is 6.79 Å². The number of carboxylic acid groups (broad SMARTS) is 1. The van der Waals surface area contributed by atoms with E-state index in [1.165, 1.54) is 0 Å². The smallest absolute Gasteiger partial charge is 0.328 e. The zero-order valence-corrected chi connectivity index (χ0v) is 17.6. The molecule has 1 aliphatic heterocycles. The lowest BCUT2D eigenvalue weighted by atomic mass is 9.97. The molecule has 3 aromatic rings. The number of ether oxygens (including phenoxy) is 3. The maximum atomic E-state index is 10.9. The molecule has 0 saturated carbocycles. The maximum absolute atomic E-state index is 10.9. The van der Waals surface area contributed by atoms with Crippen LogP contribution in [-0.4, -0.2) is 25.0 Å². The first kappa shape index (κ1) is 20.8. The van der Waals surface area contributed by atoms with Crippen LogP contribution in [0.2, 0.25) is 5.02 Å². The molecule has 0 aliphatic carbocycles. The molecule has 5 nitrogen and oxygen atoms in total. The van der Waals surface area contributed by atoms with Crippen molar-refractivity contribution in [2.24, 2.45) is 0 Å². The highest BCUT2D eigenvalue weighted by molar-refractivity contribution is 6.31. The van der Waals surface area contributed by atoms with Crippen molar-refractivity contribution < 1.29 is 24.1 Å². The Kier molecular flexibility index (Phi) is 6.14. The van der Waals surface area contributed by atoms with Crippen LogP contribution in [0.15, 0.2) is 54.6 Å². The van der Waals surface area contributed by atoms with Crippen LogP contribution >= 0.6 is 11.6 Å². The topological polar surface area (TPSA) is 65.0 Å². The second-order valence-electron chi connectivity index (χ2n) is 7.11. The molecular weight excluding hydrogens is 416 g/mol. The third-order valence-corrected chi connectivity index (χ3v) is 5.37. The minimum absolute atomic E-state index is 0.212. The van der Waals surface area contributed by atoms with Gasteiger partial charge in [-0.05, 0) is 71.0 Å². The maximum Gasteiger partial charge on any atom is 0.328 e. The van der Waals surface area contributed by atoms with Crippen LogP contribution in [0.4, 0.5) is 0 Å². The van der Waals surface area contributed by atoms with E-state index in [0.717, 1.165) is 39.6 Å². The largest absolute Gasteiger partial charge is 0.497 e. The quantitative estimate of drug-likeness (QED) is 0.519. The molecule has 0 saturated heterocycles. The van der Waals surface area contributed by atoms with Gasteiger partial charge in [-0.25, -0.2) is 4.79 Å². The first-order valence-corrected chi connectivity index (χ1v) is 10.0. The van der Waals surface area contributed by atoms with Crippen molar-refractivity contribution in [3.05, 3.63) is 93.5 Å². The number of hydrogen-bond acceptors (Lipinski definition) is 4. The van der Waals surface area contributed by atoms with Gasteiger partial charge in [-0.15, -0.1) is 0 Å². The summed E-state index contributed by atoms with van der Waals surface area (Å²) in [6.45, 7) is 0.212. The molecule has 1 radical (unpaired) electrons. The number of methoxy groups -OCH3 is 1. The fourth-order valence-corrected chi connectivity index (χ4v) is 3.64. The van der Waals surface area contributed by atoms with Gasteiger partial charge in [0.15, 0.2) is 11.5 Å². The molecule has 0 aromatic heterocycles. The van der Waals surface area contributed by atoms with Crippen LogP contribution in [0.5, 0.6) is 17.2 Å². The van der Waals surface area contributed by atoms with Gasteiger partial charge < -0.3 is 19.3 Å². The Balaban J connectivity index is 1.52. The lowest BCUT2D eigenvalue weighted by Crippen LogP contribution is -1.96. The predicted octanol–water partition coefficient (Wildman–Crippen LogP) is 5.16. The zero-order chi connectivity index (χ0) is 21.8. The minimum atomic E-state index is -0.985. The Labute approximate surface area is 185 Å². The van der Waals surface area contributed by atoms with E-state index in [4.69, 9.17) is 30.9 Å². The summed E-state index contributed by atoms with van der Waals surface area (Å²) in [6, 6.07) is 18.6. The predicted molar refractivity (Wildman–Crippen MR) is 118 cm³/mol. The summed E-state index contributed by atoms with van der Waals surface area (Å²) in [5.41, 5.74) is 4.81. The number of carboxylic acids is 1. The molecule has 4 rings (SSSR count). The Hall–Kier alpha value is -3.44. The zero-order valence-electron chi connectivity index (χ0n) is 16.9. The van der Waals surface area contributed by atoms with Crippen molar-refractivity contribution in [3.63, 3.8) is 0 Å². The molecule has 0 spiro atoms. The van der Waals surface area contributed by atoms with E-state index in [1.807, 2.05) is 42.5 Å². The number of aliphatic carboxylic acids is 1. The Morgan fingerprint density at radius 3 is 2.65 bits per heavy atom. The molecule has 3 aromatic carbocycles. The lowest BCUT2D eigenvalue weighted by Gasteiger charge is -2.10. The third kappa shape index (κ3) is 5.01. The molecule has 0 unspecified atom stereocenters. The van der Waals surface area contributed by atoms with Gasteiger partial charge in [-0.2, -0.15) is 0 Å². The molecule has 31 heavy (non-hydrogen) atoms. The Bertz CT molecular complexity index is 1140. The number of carbonyl (C=O) groups is 1. The third-order valence-electron chi connectivity index (χ3n) is 5.01. The lowest BCUT2D eigenvalue weighted by molar-refractivity contribution is -0.131. The highest BCUT2D eigenvalue weighted by Crippen LogP contribution is 2.37. The molecular formula is C25H20ClO5. The number of halogens is 1. The van der Waals surface area contributed by atoms with Crippen LogP contribution in [0.25, 0.3) is 6.08 Å². The molecule has 0 fully saturated rings. The number of benzene rings is 3. The van der Waals surface area contributed by atoms with E-state index < -0.39 is 5.97 Å². The molecule has 157 valence electrons. The molecule has 1 heterocycles. The number of fused-ring (bicyclic) bond motifs is 1. The van der Waals surface area contributed by atoms with Crippen LogP contribution in [-0.2, 0) is 17.6 Å².